The molecule has 2 fully saturated rings. The smallest absolute Gasteiger partial charge is 0.315 e. The second-order valence-corrected chi connectivity index (χ2v) is 9.62. The van der Waals surface area contributed by atoms with Gasteiger partial charge >= 0.3 is 6.03 Å². The molecule has 1 saturated heterocycles. The zero-order valence-corrected chi connectivity index (χ0v) is 18.6. The van der Waals surface area contributed by atoms with Crippen LogP contribution in [0.2, 0.25) is 0 Å². The van der Waals surface area contributed by atoms with E-state index >= 15 is 0 Å². The van der Waals surface area contributed by atoms with Gasteiger partial charge in [0.15, 0.2) is 0 Å². The third kappa shape index (κ3) is 4.06. The number of nitrogens with one attached hydrogen (secondary N) is 2. The molecule has 3 amide bonds. The van der Waals surface area contributed by atoms with Crippen LogP contribution < -0.4 is 15.4 Å². The van der Waals surface area contributed by atoms with Crippen molar-refractivity contribution in [2.75, 3.05) is 20.2 Å². The number of ether oxygens (including phenoxy) is 1. The SMILES string of the molecule is COc1ccc(CNC(=O)NC2CC3(C2)CN(C(=O)C2CCCc4ccccc42)C3)cc1. The van der Waals surface area contributed by atoms with Crippen LogP contribution in [0.15, 0.2) is 48.5 Å². The van der Waals surface area contributed by atoms with E-state index in [0.29, 0.717) is 6.54 Å². The van der Waals surface area contributed by atoms with E-state index in [-0.39, 0.29) is 29.3 Å². The van der Waals surface area contributed by atoms with Crippen molar-refractivity contribution in [2.24, 2.45) is 5.41 Å². The van der Waals surface area contributed by atoms with Gasteiger partial charge in [-0.3, -0.25) is 4.79 Å². The summed E-state index contributed by atoms with van der Waals surface area (Å²) in [4.78, 5) is 27.4. The minimum absolute atomic E-state index is 0.0232. The molecule has 5 rings (SSSR count). The molecule has 1 spiro atoms. The monoisotopic (exact) mass is 433 g/mol. The lowest BCUT2D eigenvalue weighted by Crippen LogP contribution is -2.68. The van der Waals surface area contributed by atoms with Crippen LogP contribution in [0, 0.1) is 5.41 Å². The van der Waals surface area contributed by atoms with Gasteiger partial charge in [0.2, 0.25) is 5.91 Å². The quantitative estimate of drug-likeness (QED) is 0.757. The normalized spacial score (nSPS) is 21.2. The van der Waals surface area contributed by atoms with Crippen molar-refractivity contribution in [3.05, 3.63) is 65.2 Å². The first-order chi connectivity index (χ1) is 15.5. The van der Waals surface area contributed by atoms with Gasteiger partial charge in [0, 0.05) is 31.1 Å². The highest BCUT2D eigenvalue weighted by Gasteiger charge is 2.54. The number of carbonyl (C=O) groups is 2. The molecule has 2 aromatic rings. The van der Waals surface area contributed by atoms with Gasteiger partial charge in [-0.05, 0) is 60.9 Å². The number of methoxy groups -OCH3 is 1. The lowest BCUT2D eigenvalue weighted by molar-refractivity contribution is -0.153. The predicted molar refractivity (Wildman–Crippen MR) is 123 cm³/mol. The Bertz CT molecular complexity index is 990. The molecule has 1 atom stereocenters. The second-order valence-electron chi connectivity index (χ2n) is 9.62. The summed E-state index contributed by atoms with van der Waals surface area (Å²) in [6.45, 7) is 2.14. The van der Waals surface area contributed by atoms with Crippen molar-refractivity contribution in [2.45, 2.75) is 50.6 Å². The molecule has 1 heterocycles. The number of carbonyl (C=O) groups excluding carboxylic acids is 2. The summed E-state index contributed by atoms with van der Waals surface area (Å²) in [5, 5.41) is 6.00. The number of urea groups is 1. The number of hydrogen-bond acceptors (Lipinski definition) is 3. The van der Waals surface area contributed by atoms with Crippen molar-refractivity contribution < 1.29 is 14.3 Å². The highest BCUT2D eigenvalue weighted by Crippen LogP contribution is 2.49. The lowest BCUT2D eigenvalue weighted by Gasteiger charge is -2.59. The van der Waals surface area contributed by atoms with Crippen molar-refractivity contribution in [1.82, 2.24) is 15.5 Å². The Kier molecular flexibility index (Phi) is 5.53. The fourth-order valence-corrected chi connectivity index (χ4v) is 5.66. The van der Waals surface area contributed by atoms with Gasteiger partial charge in [0.25, 0.3) is 0 Å². The van der Waals surface area contributed by atoms with Crippen molar-refractivity contribution in [1.29, 1.82) is 0 Å². The van der Waals surface area contributed by atoms with Crippen LogP contribution in [0.3, 0.4) is 0 Å². The number of hydrogen-bond donors (Lipinski definition) is 2. The van der Waals surface area contributed by atoms with Crippen molar-refractivity contribution >= 4 is 11.9 Å². The number of rotatable bonds is 5. The van der Waals surface area contributed by atoms with E-state index in [1.54, 1.807) is 7.11 Å². The van der Waals surface area contributed by atoms with Crippen LogP contribution in [0.1, 0.15) is 48.3 Å². The first-order valence-corrected chi connectivity index (χ1v) is 11.6. The van der Waals surface area contributed by atoms with E-state index in [1.165, 1.54) is 11.1 Å². The van der Waals surface area contributed by atoms with Gasteiger partial charge in [-0.2, -0.15) is 0 Å². The highest BCUT2D eigenvalue weighted by atomic mass is 16.5. The zero-order valence-electron chi connectivity index (χ0n) is 18.6. The first-order valence-electron chi connectivity index (χ1n) is 11.6. The predicted octanol–water partition coefficient (Wildman–Crippen LogP) is 3.61. The third-order valence-corrected chi connectivity index (χ3v) is 7.34. The summed E-state index contributed by atoms with van der Waals surface area (Å²) in [5.41, 5.74) is 3.80. The molecular weight excluding hydrogens is 402 g/mol. The average molecular weight is 434 g/mol. The Hall–Kier alpha value is -3.02. The Morgan fingerprint density at radius 1 is 1.09 bits per heavy atom. The van der Waals surface area contributed by atoms with E-state index in [2.05, 4.69) is 28.8 Å². The summed E-state index contributed by atoms with van der Waals surface area (Å²) >= 11 is 0. The molecule has 0 bridgehead atoms. The van der Waals surface area contributed by atoms with Crippen molar-refractivity contribution in [3.8, 4) is 5.75 Å². The fraction of sp³-hybridized carbons (Fsp3) is 0.462. The van der Waals surface area contributed by atoms with Crippen LogP contribution >= 0.6 is 0 Å². The molecule has 32 heavy (non-hydrogen) atoms. The van der Waals surface area contributed by atoms with Gasteiger partial charge in [-0.25, -0.2) is 4.79 Å². The molecule has 2 aliphatic carbocycles. The largest absolute Gasteiger partial charge is 0.497 e. The van der Waals surface area contributed by atoms with Gasteiger partial charge < -0.3 is 20.3 Å². The summed E-state index contributed by atoms with van der Waals surface area (Å²) < 4.78 is 5.15. The molecule has 1 unspecified atom stereocenters. The first kappa shape index (κ1) is 20.9. The molecule has 2 aromatic carbocycles. The highest BCUT2D eigenvalue weighted by molar-refractivity contribution is 5.85. The van der Waals surface area contributed by atoms with Crippen LogP contribution in [0.5, 0.6) is 5.75 Å². The number of benzene rings is 2. The molecule has 0 radical (unpaired) electrons. The maximum absolute atomic E-state index is 13.1. The number of amides is 3. The molecule has 6 heteroatoms. The minimum atomic E-state index is -0.133. The van der Waals surface area contributed by atoms with Crippen molar-refractivity contribution in [3.63, 3.8) is 0 Å². The average Bonchev–Trinajstić information content (AvgIpc) is 2.78. The molecule has 2 N–H and O–H groups in total. The number of fused-ring (bicyclic) bond motifs is 1. The van der Waals surface area contributed by atoms with Crippen LogP contribution in [-0.4, -0.2) is 43.1 Å². The molecule has 3 aliphatic rings. The van der Waals surface area contributed by atoms with E-state index < -0.39 is 0 Å². The lowest BCUT2D eigenvalue weighted by atomic mass is 9.60. The molecule has 168 valence electrons. The van der Waals surface area contributed by atoms with Gasteiger partial charge in [0.1, 0.15) is 5.75 Å². The van der Waals surface area contributed by atoms with Gasteiger partial charge in [-0.1, -0.05) is 36.4 Å². The summed E-state index contributed by atoms with van der Waals surface area (Å²) in [6, 6.07) is 16.1. The molecular formula is C26H31N3O3. The minimum Gasteiger partial charge on any atom is -0.497 e. The van der Waals surface area contributed by atoms with E-state index in [9.17, 15) is 9.59 Å². The Morgan fingerprint density at radius 3 is 2.59 bits per heavy atom. The van der Waals surface area contributed by atoms with E-state index in [0.717, 1.165) is 56.5 Å². The molecule has 0 aromatic heterocycles. The van der Waals surface area contributed by atoms with Crippen LogP contribution in [-0.2, 0) is 17.8 Å². The summed E-state index contributed by atoms with van der Waals surface area (Å²) in [5.74, 6) is 1.12. The topological polar surface area (TPSA) is 70.7 Å². The van der Waals surface area contributed by atoms with Gasteiger partial charge in [0.05, 0.1) is 13.0 Å². The number of aryl methyl sites for hydroxylation is 1. The van der Waals surface area contributed by atoms with Crippen LogP contribution in [0.4, 0.5) is 4.79 Å². The molecule has 1 aliphatic heterocycles. The molecule has 6 nitrogen and oxygen atoms in total. The second kappa shape index (κ2) is 8.49. The maximum atomic E-state index is 13.1. The Morgan fingerprint density at radius 2 is 1.84 bits per heavy atom. The zero-order chi connectivity index (χ0) is 22.1. The molecule has 1 saturated carbocycles. The Balaban J connectivity index is 1.05. The summed E-state index contributed by atoms with van der Waals surface area (Å²) in [7, 11) is 1.64. The van der Waals surface area contributed by atoms with Crippen LogP contribution in [0.25, 0.3) is 0 Å². The maximum Gasteiger partial charge on any atom is 0.315 e. The third-order valence-electron chi connectivity index (χ3n) is 7.34. The number of nitrogens with zero attached hydrogens (tertiary/aromatic N) is 1. The van der Waals surface area contributed by atoms with E-state index in [1.807, 2.05) is 35.2 Å². The fourth-order valence-electron chi connectivity index (χ4n) is 5.66. The Labute approximate surface area is 189 Å². The van der Waals surface area contributed by atoms with Gasteiger partial charge in [-0.15, -0.1) is 0 Å². The number of likely N-dealkylation sites (tertiary alicyclic amines) is 1. The van der Waals surface area contributed by atoms with E-state index in [4.69, 9.17) is 4.74 Å². The standard InChI is InChI=1S/C26H31N3O3/c1-32-21-11-9-18(10-12-21)15-27-25(31)28-20-13-26(14-20)16-29(17-26)24(30)23-8-4-6-19-5-2-3-7-22(19)23/h2-3,5,7,9-12,20,23H,4,6,8,13-17H2,1H3,(H2,27,28,31). The summed E-state index contributed by atoms with van der Waals surface area (Å²) in [6.07, 6.45) is 5.03.